The van der Waals surface area contributed by atoms with E-state index in [9.17, 15) is 0 Å². The summed E-state index contributed by atoms with van der Waals surface area (Å²) < 4.78 is 13.3. The van der Waals surface area contributed by atoms with E-state index in [2.05, 4.69) is 42.4 Å². The number of fused-ring (bicyclic) bond motifs is 1. The highest BCUT2D eigenvalue weighted by Gasteiger charge is 2.15. The molecule has 2 heterocycles. The van der Waals surface area contributed by atoms with E-state index in [1.165, 1.54) is 11.1 Å². The van der Waals surface area contributed by atoms with Gasteiger partial charge in [0, 0.05) is 17.5 Å². The highest BCUT2D eigenvalue weighted by atomic mass is 32.1. The van der Waals surface area contributed by atoms with Crippen LogP contribution in [-0.4, -0.2) is 30.6 Å². The molecule has 0 atom stereocenters. The van der Waals surface area contributed by atoms with Gasteiger partial charge in [0.25, 0.3) is 0 Å². The van der Waals surface area contributed by atoms with Crippen molar-refractivity contribution in [2.24, 2.45) is 10.1 Å². The molecule has 1 aromatic heterocycles. The molecule has 6 heteroatoms. The minimum atomic E-state index is 0.571. The van der Waals surface area contributed by atoms with Gasteiger partial charge >= 0.3 is 0 Å². The van der Waals surface area contributed by atoms with Crippen LogP contribution in [0.5, 0.6) is 11.5 Å². The van der Waals surface area contributed by atoms with Crippen molar-refractivity contribution in [3.63, 3.8) is 0 Å². The van der Waals surface area contributed by atoms with Crippen LogP contribution in [-0.2, 0) is 0 Å². The van der Waals surface area contributed by atoms with Crippen molar-refractivity contribution in [3.05, 3.63) is 63.3 Å². The lowest BCUT2D eigenvalue weighted by molar-refractivity contribution is 0.171. The zero-order valence-corrected chi connectivity index (χ0v) is 17.1. The molecule has 0 N–H and O–H groups in total. The van der Waals surface area contributed by atoms with Gasteiger partial charge in [-0.15, -0.1) is 11.3 Å². The number of aryl methyl sites for hydroxylation is 2. The van der Waals surface area contributed by atoms with E-state index in [4.69, 9.17) is 14.6 Å². The average molecular weight is 394 g/mol. The van der Waals surface area contributed by atoms with Gasteiger partial charge in [0.15, 0.2) is 11.5 Å². The van der Waals surface area contributed by atoms with Crippen molar-refractivity contribution < 1.29 is 9.47 Å². The lowest BCUT2D eigenvalue weighted by Gasteiger charge is -2.18. The Morgan fingerprint density at radius 3 is 2.71 bits per heavy atom. The molecule has 4 rings (SSSR count). The lowest BCUT2D eigenvalue weighted by atomic mass is 10.1. The van der Waals surface area contributed by atoms with E-state index < -0.39 is 0 Å². The van der Waals surface area contributed by atoms with Crippen LogP contribution >= 0.6 is 11.3 Å². The van der Waals surface area contributed by atoms with E-state index in [0.717, 1.165) is 33.1 Å². The fourth-order valence-corrected chi connectivity index (χ4v) is 3.98. The number of hydrogen-bond donors (Lipinski definition) is 0. The summed E-state index contributed by atoms with van der Waals surface area (Å²) in [5.41, 5.74) is 5.52. The molecule has 5 nitrogen and oxygen atoms in total. The van der Waals surface area contributed by atoms with Gasteiger partial charge in [-0.25, -0.2) is 4.68 Å². The molecule has 2 aromatic carbocycles. The second-order valence-electron chi connectivity index (χ2n) is 6.65. The summed E-state index contributed by atoms with van der Waals surface area (Å²) in [4.78, 5) is 5.47. The molecule has 28 heavy (non-hydrogen) atoms. The van der Waals surface area contributed by atoms with E-state index >= 15 is 0 Å². The average Bonchev–Trinajstić information content (AvgIpc) is 3.11. The fraction of sp³-hybridized carbons (Fsp3) is 0.273. The Balaban J connectivity index is 1.79. The molecular formula is C22H23N3O2S. The molecule has 3 aromatic rings. The highest BCUT2D eigenvalue weighted by Crippen LogP contribution is 2.34. The molecule has 0 saturated carbocycles. The van der Waals surface area contributed by atoms with Crippen molar-refractivity contribution in [3.8, 4) is 22.8 Å². The number of ether oxygens (including phenoxy) is 2. The molecule has 1 aliphatic heterocycles. The third-order valence-corrected chi connectivity index (χ3v) is 5.42. The Hall–Kier alpha value is -2.86. The van der Waals surface area contributed by atoms with Gasteiger partial charge in [-0.05, 0) is 50.1 Å². The van der Waals surface area contributed by atoms with Crippen LogP contribution < -0.4 is 14.3 Å². The van der Waals surface area contributed by atoms with Crippen LogP contribution in [0.15, 0.2) is 51.9 Å². The molecule has 1 aliphatic rings. The van der Waals surface area contributed by atoms with Crippen molar-refractivity contribution in [1.82, 2.24) is 4.68 Å². The van der Waals surface area contributed by atoms with Gasteiger partial charge in [0.1, 0.15) is 13.2 Å². The monoisotopic (exact) mass is 393 g/mol. The molecule has 0 bridgehead atoms. The number of aromatic nitrogens is 1. The van der Waals surface area contributed by atoms with Gasteiger partial charge in [0.2, 0.25) is 4.80 Å². The normalized spacial score (nSPS) is 14.0. The quantitative estimate of drug-likeness (QED) is 0.617. The first-order valence-electron chi connectivity index (χ1n) is 9.38. The topological polar surface area (TPSA) is 48.1 Å². The molecule has 144 valence electrons. The molecule has 0 unspecified atom stereocenters. The maximum absolute atomic E-state index is 5.75. The lowest BCUT2D eigenvalue weighted by Crippen LogP contribution is -2.15. The Kier molecular flexibility index (Phi) is 5.30. The summed E-state index contributed by atoms with van der Waals surface area (Å²) in [5.74, 6) is 1.56. The minimum absolute atomic E-state index is 0.571. The van der Waals surface area contributed by atoms with Gasteiger partial charge in [-0.2, -0.15) is 5.10 Å². The molecule has 0 saturated heterocycles. The van der Waals surface area contributed by atoms with Crippen LogP contribution in [0, 0.1) is 13.8 Å². The number of benzene rings is 2. The van der Waals surface area contributed by atoms with Crippen molar-refractivity contribution in [1.29, 1.82) is 0 Å². The van der Waals surface area contributed by atoms with E-state index in [1.54, 1.807) is 11.3 Å². The molecule has 0 radical (unpaired) electrons. The van der Waals surface area contributed by atoms with Gasteiger partial charge in [-0.1, -0.05) is 23.8 Å². The zero-order chi connectivity index (χ0) is 19.5. The minimum Gasteiger partial charge on any atom is -0.486 e. The SMILES string of the molecule is CCN=c1scc(-c2ccc3c(c2)OCCO3)n1/N=C\c1cc(C)ccc1C. The molecule has 0 spiro atoms. The molecule has 0 aliphatic carbocycles. The van der Waals surface area contributed by atoms with Gasteiger partial charge in [0.05, 0.1) is 11.9 Å². The first-order valence-corrected chi connectivity index (χ1v) is 10.3. The Bertz CT molecular complexity index is 1100. The largest absolute Gasteiger partial charge is 0.486 e. The first-order chi connectivity index (χ1) is 13.7. The summed E-state index contributed by atoms with van der Waals surface area (Å²) in [6.07, 6.45) is 1.91. The highest BCUT2D eigenvalue weighted by molar-refractivity contribution is 7.07. The predicted octanol–water partition coefficient (Wildman–Crippen LogP) is 4.41. The van der Waals surface area contributed by atoms with Gasteiger partial charge < -0.3 is 9.47 Å². The molecule has 0 fully saturated rings. The van der Waals surface area contributed by atoms with Crippen LogP contribution in [0.2, 0.25) is 0 Å². The van der Waals surface area contributed by atoms with Crippen LogP contribution in [0.25, 0.3) is 11.3 Å². The summed E-state index contributed by atoms with van der Waals surface area (Å²) >= 11 is 1.59. The predicted molar refractivity (Wildman–Crippen MR) is 114 cm³/mol. The number of nitrogens with zero attached hydrogens (tertiary/aromatic N) is 3. The van der Waals surface area contributed by atoms with Crippen LogP contribution in [0.3, 0.4) is 0 Å². The van der Waals surface area contributed by atoms with Crippen molar-refractivity contribution in [2.45, 2.75) is 20.8 Å². The first kappa shape index (κ1) is 18.5. The molecular weight excluding hydrogens is 370 g/mol. The van der Waals surface area contributed by atoms with Gasteiger partial charge in [-0.3, -0.25) is 4.99 Å². The maximum atomic E-state index is 5.75. The summed E-state index contributed by atoms with van der Waals surface area (Å²) in [5, 5.41) is 6.87. The zero-order valence-electron chi connectivity index (χ0n) is 16.3. The van der Waals surface area contributed by atoms with Crippen LogP contribution in [0.4, 0.5) is 0 Å². The van der Waals surface area contributed by atoms with Crippen molar-refractivity contribution in [2.75, 3.05) is 19.8 Å². The Labute approximate surface area is 168 Å². The third kappa shape index (κ3) is 3.73. The second-order valence-corrected chi connectivity index (χ2v) is 7.49. The summed E-state index contributed by atoms with van der Waals surface area (Å²) in [7, 11) is 0. The standard InChI is InChI=1S/C22H23N3O2S/c1-4-23-22-25(24-13-18-11-15(2)5-6-16(18)3)19(14-28-22)17-7-8-20-21(12-17)27-10-9-26-20/h5-8,11-14H,4,9-10H2,1-3H3/b23-22?,24-13-. The Morgan fingerprint density at radius 2 is 1.89 bits per heavy atom. The number of hydrogen-bond acceptors (Lipinski definition) is 5. The summed E-state index contributed by atoms with van der Waals surface area (Å²) in [6.45, 7) is 8.08. The summed E-state index contributed by atoms with van der Waals surface area (Å²) in [6, 6.07) is 12.4. The Morgan fingerprint density at radius 1 is 1.07 bits per heavy atom. The number of thiazole rings is 1. The van der Waals surface area contributed by atoms with Crippen LogP contribution in [0.1, 0.15) is 23.6 Å². The second kappa shape index (κ2) is 8.02. The van der Waals surface area contributed by atoms with E-state index in [1.807, 2.05) is 36.0 Å². The molecule has 0 amide bonds. The maximum Gasteiger partial charge on any atom is 0.206 e. The van der Waals surface area contributed by atoms with E-state index in [-0.39, 0.29) is 0 Å². The van der Waals surface area contributed by atoms with E-state index in [0.29, 0.717) is 19.8 Å². The van der Waals surface area contributed by atoms with Crippen molar-refractivity contribution >= 4 is 17.6 Å². The third-order valence-electron chi connectivity index (χ3n) is 4.56. The smallest absolute Gasteiger partial charge is 0.206 e. The fourth-order valence-electron chi connectivity index (χ4n) is 3.07. The number of rotatable bonds is 4.